The molecule has 0 aromatic heterocycles. The summed E-state index contributed by atoms with van der Waals surface area (Å²) in [4.78, 5) is 0. The maximum Gasteiger partial charge on any atom is 0.169 e. The van der Waals surface area contributed by atoms with Gasteiger partial charge < -0.3 is 24.8 Å². The molecule has 0 radical (unpaired) electrons. The van der Waals surface area contributed by atoms with Crippen molar-refractivity contribution in [2.24, 2.45) is 0 Å². The van der Waals surface area contributed by atoms with E-state index in [0.29, 0.717) is 38.4 Å². The first-order valence-electron chi connectivity index (χ1n) is 9.93. The minimum absolute atomic E-state index is 0. The second kappa shape index (κ2) is 11.5. The van der Waals surface area contributed by atoms with Gasteiger partial charge in [-0.05, 0) is 44.0 Å². The summed E-state index contributed by atoms with van der Waals surface area (Å²) in [7, 11) is 0. The van der Waals surface area contributed by atoms with Gasteiger partial charge in [-0.2, -0.15) is 0 Å². The SMILES string of the molecule is CCOc1ccc2c(c1CN[C@H]1CCCN[C@H]1c1ccccc1)OCCO2.Cl.Cl. The van der Waals surface area contributed by atoms with Gasteiger partial charge in [-0.1, -0.05) is 30.3 Å². The van der Waals surface area contributed by atoms with Crippen molar-refractivity contribution in [3.05, 3.63) is 53.6 Å². The molecule has 4 rings (SSSR count). The van der Waals surface area contributed by atoms with Gasteiger partial charge >= 0.3 is 0 Å². The Morgan fingerprint density at radius 2 is 1.86 bits per heavy atom. The van der Waals surface area contributed by atoms with Crippen LogP contribution in [0.1, 0.15) is 36.9 Å². The lowest BCUT2D eigenvalue weighted by Gasteiger charge is -2.34. The van der Waals surface area contributed by atoms with Gasteiger partial charge in [0.05, 0.1) is 12.2 Å². The quantitative estimate of drug-likeness (QED) is 0.701. The summed E-state index contributed by atoms with van der Waals surface area (Å²) in [5.74, 6) is 2.50. The minimum Gasteiger partial charge on any atom is -0.493 e. The second-order valence-corrected chi connectivity index (χ2v) is 6.97. The summed E-state index contributed by atoms with van der Waals surface area (Å²) in [6.07, 6.45) is 2.31. The lowest BCUT2D eigenvalue weighted by molar-refractivity contribution is 0.167. The van der Waals surface area contributed by atoms with Gasteiger partial charge in [-0.15, -0.1) is 24.8 Å². The molecule has 160 valence electrons. The maximum absolute atomic E-state index is 5.93. The van der Waals surface area contributed by atoms with E-state index in [4.69, 9.17) is 14.2 Å². The number of benzene rings is 2. The van der Waals surface area contributed by atoms with Crippen molar-refractivity contribution in [2.45, 2.75) is 38.4 Å². The Kier molecular flexibility index (Phi) is 9.37. The summed E-state index contributed by atoms with van der Waals surface area (Å²) < 4.78 is 17.6. The fraction of sp³-hybridized carbons (Fsp3) is 0.455. The lowest BCUT2D eigenvalue weighted by Crippen LogP contribution is -2.45. The largest absolute Gasteiger partial charge is 0.493 e. The zero-order valence-electron chi connectivity index (χ0n) is 16.7. The van der Waals surface area contributed by atoms with Gasteiger partial charge in [0.25, 0.3) is 0 Å². The number of nitrogens with one attached hydrogen (secondary N) is 2. The zero-order valence-corrected chi connectivity index (χ0v) is 18.3. The minimum atomic E-state index is 0. The van der Waals surface area contributed by atoms with Gasteiger partial charge in [-0.3, -0.25) is 0 Å². The van der Waals surface area contributed by atoms with Gasteiger partial charge in [0.15, 0.2) is 11.5 Å². The first-order chi connectivity index (χ1) is 13.4. The lowest BCUT2D eigenvalue weighted by atomic mass is 9.92. The molecule has 0 amide bonds. The third kappa shape index (κ3) is 5.48. The third-order valence-corrected chi connectivity index (χ3v) is 5.23. The van der Waals surface area contributed by atoms with E-state index < -0.39 is 0 Å². The molecule has 2 aromatic carbocycles. The molecule has 7 heteroatoms. The average Bonchev–Trinajstić information content (AvgIpc) is 2.74. The van der Waals surface area contributed by atoms with Gasteiger partial charge in [0, 0.05) is 18.6 Å². The van der Waals surface area contributed by atoms with E-state index in [0.717, 1.165) is 35.8 Å². The molecular formula is C22H30Cl2N2O3. The Morgan fingerprint density at radius 3 is 2.66 bits per heavy atom. The van der Waals surface area contributed by atoms with Gasteiger partial charge in [-0.25, -0.2) is 0 Å². The van der Waals surface area contributed by atoms with Crippen LogP contribution in [-0.4, -0.2) is 32.4 Å². The van der Waals surface area contributed by atoms with Crippen molar-refractivity contribution in [2.75, 3.05) is 26.4 Å². The summed E-state index contributed by atoms with van der Waals surface area (Å²) in [5.41, 5.74) is 2.38. The van der Waals surface area contributed by atoms with Crippen LogP contribution < -0.4 is 24.8 Å². The molecule has 0 aliphatic carbocycles. The Labute approximate surface area is 185 Å². The predicted molar refractivity (Wildman–Crippen MR) is 120 cm³/mol. The van der Waals surface area contributed by atoms with Gasteiger partial charge in [0.2, 0.25) is 0 Å². The molecule has 0 bridgehead atoms. The number of halogens is 2. The van der Waals surface area contributed by atoms with Crippen LogP contribution >= 0.6 is 24.8 Å². The summed E-state index contributed by atoms with van der Waals surface area (Å²) >= 11 is 0. The standard InChI is InChI=1S/C22H28N2O3.2ClH/c1-2-25-19-10-11-20-22(27-14-13-26-20)17(19)15-24-18-9-6-12-23-21(18)16-7-4-3-5-8-16;;/h3-5,7-8,10-11,18,21,23-24H,2,6,9,12-15H2,1H3;2*1H/t18-,21-;;/m0../s1. The Hall–Kier alpha value is -1.66. The number of hydrogen-bond acceptors (Lipinski definition) is 5. The number of piperidine rings is 1. The zero-order chi connectivity index (χ0) is 18.5. The fourth-order valence-corrected chi connectivity index (χ4v) is 3.97. The van der Waals surface area contributed by atoms with Crippen LogP contribution in [0, 0.1) is 0 Å². The van der Waals surface area contributed by atoms with E-state index in [9.17, 15) is 0 Å². The molecule has 0 saturated carbocycles. The second-order valence-electron chi connectivity index (χ2n) is 6.97. The van der Waals surface area contributed by atoms with Crippen LogP contribution in [0.5, 0.6) is 17.2 Å². The first-order valence-corrected chi connectivity index (χ1v) is 9.93. The normalized spacial score (nSPS) is 20.2. The number of fused-ring (bicyclic) bond motifs is 1. The van der Waals surface area contributed by atoms with Crippen LogP contribution in [-0.2, 0) is 6.54 Å². The van der Waals surface area contributed by atoms with Crippen molar-refractivity contribution < 1.29 is 14.2 Å². The smallest absolute Gasteiger partial charge is 0.169 e. The molecule has 2 aliphatic rings. The highest BCUT2D eigenvalue weighted by molar-refractivity contribution is 5.85. The van der Waals surface area contributed by atoms with E-state index in [1.165, 1.54) is 12.0 Å². The molecule has 1 saturated heterocycles. The maximum atomic E-state index is 5.93. The molecule has 2 aromatic rings. The summed E-state index contributed by atoms with van der Waals surface area (Å²) in [6.45, 7) is 5.55. The molecular weight excluding hydrogens is 411 g/mol. The third-order valence-electron chi connectivity index (χ3n) is 5.23. The Balaban J connectivity index is 0.00000150. The van der Waals surface area contributed by atoms with Crippen LogP contribution in [0.2, 0.25) is 0 Å². The molecule has 0 unspecified atom stereocenters. The van der Waals surface area contributed by atoms with Crippen molar-refractivity contribution in [3.63, 3.8) is 0 Å². The Bertz CT molecular complexity index is 761. The molecule has 0 spiro atoms. The molecule has 2 aliphatic heterocycles. The van der Waals surface area contributed by atoms with Crippen LogP contribution in [0.15, 0.2) is 42.5 Å². The van der Waals surface area contributed by atoms with Crippen molar-refractivity contribution >= 4 is 24.8 Å². The van der Waals surface area contributed by atoms with Crippen molar-refractivity contribution in [1.29, 1.82) is 0 Å². The number of rotatable bonds is 6. The van der Waals surface area contributed by atoms with E-state index >= 15 is 0 Å². The van der Waals surface area contributed by atoms with Crippen LogP contribution in [0.25, 0.3) is 0 Å². The van der Waals surface area contributed by atoms with Crippen molar-refractivity contribution in [1.82, 2.24) is 10.6 Å². The molecule has 2 heterocycles. The Morgan fingerprint density at radius 1 is 1.07 bits per heavy atom. The fourth-order valence-electron chi connectivity index (χ4n) is 3.97. The van der Waals surface area contributed by atoms with Crippen LogP contribution in [0.4, 0.5) is 0 Å². The summed E-state index contributed by atoms with van der Waals surface area (Å²) in [5, 5.41) is 7.43. The monoisotopic (exact) mass is 440 g/mol. The van der Waals surface area contributed by atoms with Crippen LogP contribution in [0.3, 0.4) is 0 Å². The molecule has 1 fully saturated rings. The molecule has 2 atom stereocenters. The molecule has 2 N–H and O–H groups in total. The van der Waals surface area contributed by atoms with E-state index in [-0.39, 0.29) is 24.8 Å². The first kappa shape index (κ1) is 23.6. The highest BCUT2D eigenvalue weighted by atomic mass is 35.5. The number of ether oxygens (including phenoxy) is 3. The summed E-state index contributed by atoms with van der Waals surface area (Å²) in [6, 6.07) is 15.3. The van der Waals surface area contributed by atoms with E-state index in [2.05, 4.69) is 41.0 Å². The van der Waals surface area contributed by atoms with E-state index in [1.54, 1.807) is 0 Å². The highest BCUT2D eigenvalue weighted by Crippen LogP contribution is 2.39. The predicted octanol–water partition coefficient (Wildman–Crippen LogP) is 4.28. The molecule has 5 nitrogen and oxygen atoms in total. The average molecular weight is 441 g/mol. The van der Waals surface area contributed by atoms with E-state index in [1.807, 2.05) is 19.1 Å². The topological polar surface area (TPSA) is 51.8 Å². The van der Waals surface area contributed by atoms with Gasteiger partial charge in [0.1, 0.15) is 19.0 Å². The number of hydrogen-bond donors (Lipinski definition) is 2. The highest BCUT2D eigenvalue weighted by Gasteiger charge is 2.27. The molecule has 29 heavy (non-hydrogen) atoms. The van der Waals surface area contributed by atoms with Crippen molar-refractivity contribution in [3.8, 4) is 17.2 Å².